The summed E-state index contributed by atoms with van der Waals surface area (Å²) in [7, 11) is 0. The molecule has 1 aromatic carbocycles. The number of carbonyl (C=O) groups excluding carboxylic acids is 1. The summed E-state index contributed by atoms with van der Waals surface area (Å²) in [5.74, 6) is 0.391. The van der Waals surface area contributed by atoms with Gasteiger partial charge in [0.25, 0.3) is 5.91 Å². The van der Waals surface area contributed by atoms with Crippen LogP contribution in [0.1, 0.15) is 5.56 Å². The normalized spacial score (nSPS) is 17.3. The van der Waals surface area contributed by atoms with Gasteiger partial charge in [0, 0.05) is 31.9 Å². The number of hydrogen-bond acceptors (Lipinski definition) is 5. The molecule has 24 heavy (non-hydrogen) atoms. The number of nitrogens with zero attached hydrogens (tertiary/aromatic N) is 1. The third-order valence-electron chi connectivity index (χ3n) is 3.52. The van der Waals surface area contributed by atoms with Gasteiger partial charge in [0.1, 0.15) is 17.7 Å². The largest absolute Gasteiger partial charge is 0.439 e. The van der Waals surface area contributed by atoms with Gasteiger partial charge >= 0.3 is 0 Å². The zero-order valence-electron chi connectivity index (χ0n) is 13.0. The quantitative estimate of drug-likeness (QED) is 0.871. The molecular weight excluding hydrogens is 313 g/mol. The van der Waals surface area contributed by atoms with Crippen LogP contribution in [0.2, 0.25) is 0 Å². The van der Waals surface area contributed by atoms with Gasteiger partial charge in [-0.3, -0.25) is 4.79 Å². The number of pyridine rings is 1. The summed E-state index contributed by atoms with van der Waals surface area (Å²) < 4.78 is 23.9. The lowest BCUT2D eigenvalue weighted by Crippen LogP contribution is -2.47. The van der Waals surface area contributed by atoms with Crippen molar-refractivity contribution in [1.82, 2.24) is 15.6 Å². The molecule has 2 heterocycles. The highest BCUT2D eigenvalue weighted by molar-refractivity contribution is 5.81. The van der Waals surface area contributed by atoms with Crippen LogP contribution in [-0.2, 0) is 16.1 Å². The van der Waals surface area contributed by atoms with Crippen LogP contribution in [0.25, 0.3) is 0 Å². The van der Waals surface area contributed by atoms with Gasteiger partial charge in [-0.2, -0.15) is 0 Å². The maximum Gasteiger partial charge on any atom is 0.250 e. The minimum absolute atomic E-state index is 0.153. The summed E-state index contributed by atoms with van der Waals surface area (Å²) in [5.41, 5.74) is 0.847. The number of hydrogen-bond donors (Lipinski definition) is 2. The fourth-order valence-corrected chi connectivity index (χ4v) is 2.28. The first-order chi connectivity index (χ1) is 11.7. The van der Waals surface area contributed by atoms with Crippen LogP contribution in [-0.4, -0.2) is 36.7 Å². The van der Waals surface area contributed by atoms with Crippen molar-refractivity contribution < 1.29 is 18.7 Å². The van der Waals surface area contributed by atoms with Crippen LogP contribution in [0.5, 0.6) is 11.6 Å². The maximum absolute atomic E-state index is 12.9. The molecule has 126 valence electrons. The maximum atomic E-state index is 12.9. The van der Waals surface area contributed by atoms with Gasteiger partial charge < -0.3 is 20.1 Å². The Balaban J connectivity index is 1.56. The SMILES string of the molecule is O=C(NCc1ccnc(Oc2ccc(F)cc2)c1)C1CNCCO1. The van der Waals surface area contributed by atoms with Gasteiger partial charge in [-0.25, -0.2) is 9.37 Å². The second-order valence-corrected chi connectivity index (χ2v) is 5.34. The highest BCUT2D eigenvalue weighted by Crippen LogP contribution is 2.20. The van der Waals surface area contributed by atoms with Crippen LogP contribution in [0.4, 0.5) is 4.39 Å². The van der Waals surface area contributed by atoms with Crippen LogP contribution in [0.3, 0.4) is 0 Å². The molecule has 0 spiro atoms. The van der Waals surface area contributed by atoms with Crippen molar-refractivity contribution >= 4 is 5.91 Å². The number of carbonyl (C=O) groups is 1. The van der Waals surface area contributed by atoms with Crippen molar-refractivity contribution in [3.8, 4) is 11.6 Å². The van der Waals surface area contributed by atoms with E-state index in [1.54, 1.807) is 18.3 Å². The number of rotatable bonds is 5. The minimum atomic E-state index is -0.462. The van der Waals surface area contributed by atoms with Crippen molar-refractivity contribution in [1.29, 1.82) is 0 Å². The van der Waals surface area contributed by atoms with Crippen molar-refractivity contribution in [2.45, 2.75) is 12.6 Å². The third kappa shape index (κ3) is 4.50. The van der Waals surface area contributed by atoms with E-state index in [4.69, 9.17) is 9.47 Å². The lowest BCUT2D eigenvalue weighted by atomic mass is 10.2. The van der Waals surface area contributed by atoms with E-state index in [9.17, 15) is 9.18 Å². The summed E-state index contributed by atoms with van der Waals surface area (Å²) in [6.45, 7) is 2.16. The predicted octanol–water partition coefficient (Wildman–Crippen LogP) is 1.62. The first-order valence-electron chi connectivity index (χ1n) is 7.69. The molecule has 1 atom stereocenters. The molecule has 6 nitrogen and oxygen atoms in total. The number of benzene rings is 1. The van der Waals surface area contributed by atoms with E-state index < -0.39 is 6.10 Å². The second-order valence-electron chi connectivity index (χ2n) is 5.34. The molecule has 0 saturated carbocycles. The molecule has 3 rings (SSSR count). The second kappa shape index (κ2) is 7.85. The van der Waals surface area contributed by atoms with Crippen molar-refractivity contribution in [2.24, 2.45) is 0 Å². The van der Waals surface area contributed by atoms with Crippen molar-refractivity contribution in [3.05, 3.63) is 54.0 Å². The smallest absolute Gasteiger partial charge is 0.250 e. The monoisotopic (exact) mass is 331 g/mol. The Labute approximate surface area is 139 Å². The highest BCUT2D eigenvalue weighted by atomic mass is 19.1. The van der Waals surface area contributed by atoms with E-state index in [0.29, 0.717) is 31.3 Å². The standard InChI is InChI=1S/C17H18FN3O3/c18-13-1-3-14(4-2-13)24-16-9-12(5-6-20-16)10-21-17(22)15-11-19-7-8-23-15/h1-6,9,15,19H,7-8,10-11H2,(H,21,22). The Morgan fingerprint density at radius 3 is 2.96 bits per heavy atom. The molecule has 1 aliphatic heterocycles. The Hall–Kier alpha value is -2.51. The van der Waals surface area contributed by atoms with Gasteiger partial charge in [0.05, 0.1) is 6.61 Å². The molecule has 1 saturated heterocycles. The molecular formula is C17H18FN3O3. The molecule has 2 N–H and O–H groups in total. The van der Waals surface area contributed by atoms with E-state index in [0.717, 1.165) is 12.1 Å². The summed E-state index contributed by atoms with van der Waals surface area (Å²) in [4.78, 5) is 16.1. The molecule has 1 fully saturated rings. The predicted molar refractivity (Wildman–Crippen MR) is 85.2 cm³/mol. The van der Waals surface area contributed by atoms with Crippen LogP contribution in [0, 0.1) is 5.82 Å². The fraction of sp³-hybridized carbons (Fsp3) is 0.294. The molecule has 0 bridgehead atoms. The van der Waals surface area contributed by atoms with E-state index in [-0.39, 0.29) is 11.7 Å². The average Bonchev–Trinajstić information content (AvgIpc) is 2.63. The Kier molecular flexibility index (Phi) is 5.35. The van der Waals surface area contributed by atoms with E-state index in [1.165, 1.54) is 24.3 Å². The van der Waals surface area contributed by atoms with Crippen molar-refractivity contribution in [3.63, 3.8) is 0 Å². The topological polar surface area (TPSA) is 72.5 Å². The number of ether oxygens (including phenoxy) is 2. The molecule has 7 heteroatoms. The molecule has 1 amide bonds. The lowest BCUT2D eigenvalue weighted by molar-refractivity contribution is -0.134. The van der Waals surface area contributed by atoms with Gasteiger partial charge in [-0.05, 0) is 35.9 Å². The zero-order valence-corrected chi connectivity index (χ0v) is 13.0. The summed E-state index contributed by atoms with van der Waals surface area (Å²) in [6.07, 6.45) is 1.13. The molecule has 2 aromatic rings. The summed E-state index contributed by atoms with van der Waals surface area (Å²) in [5, 5.41) is 5.94. The van der Waals surface area contributed by atoms with E-state index >= 15 is 0 Å². The van der Waals surface area contributed by atoms with E-state index in [2.05, 4.69) is 15.6 Å². The van der Waals surface area contributed by atoms with Crippen LogP contribution in [0.15, 0.2) is 42.6 Å². The Bertz CT molecular complexity index is 688. The molecule has 1 aliphatic rings. The van der Waals surface area contributed by atoms with E-state index in [1.807, 2.05) is 0 Å². The molecule has 0 aliphatic carbocycles. The first kappa shape index (κ1) is 16.4. The Morgan fingerprint density at radius 2 is 2.21 bits per heavy atom. The third-order valence-corrected chi connectivity index (χ3v) is 3.52. The molecule has 1 aromatic heterocycles. The van der Waals surface area contributed by atoms with Crippen LogP contribution >= 0.6 is 0 Å². The highest BCUT2D eigenvalue weighted by Gasteiger charge is 2.21. The van der Waals surface area contributed by atoms with Gasteiger partial charge in [-0.1, -0.05) is 0 Å². The molecule has 0 radical (unpaired) electrons. The number of morpholine rings is 1. The van der Waals surface area contributed by atoms with Gasteiger partial charge in [0.15, 0.2) is 0 Å². The lowest BCUT2D eigenvalue weighted by Gasteiger charge is -2.22. The number of amides is 1. The van der Waals surface area contributed by atoms with Gasteiger partial charge in [-0.15, -0.1) is 0 Å². The minimum Gasteiger partial charge on any atom is -0.439 e. The fourth-order valence-electron chi connectivity index (χ4n) is 2.28. The van der Waals surface area contributed by atoms with Crippen LogP contribution < -0.4 is 15.4 Å². The Morgan fingerprint density at radius 1 is 1.38 bits per heavy atom. The number of aromatic nitrogens is 1. The average molecular weight is 331 g/mol. The molecule has 1 unspecified atom stereocenters. The van der Waals surface area contributed by atoms with Gasteiger partial charge in [0.2, 0.25) is 5.88 Å². The summed E-state index contributed by atoms with van der Waals surface area (Å²) in [6, 6.07) is 9.20. The van der Waals surface area contributed by atoms with Crippen molar-refractivity contribution in [2.75, 3.05) is 19.7 Å². The number of nitrogens with one attached hydrogen (secondary N) is 2. The number of halogens is 1. The zero-order chi connectivity index (χ0) is 16.8. The first-order valence-corrected chi connectivity index (χ1v) is 7.69. The summed E-state index contributed by atoms with van der Waals surface area (Å²) >= 11 is 0.